The Morgan fingerprint density at radius 2 is 1.84 bits per heavy atom. The van der Waals surface area contributed by atoms with Crippen LogP contribution in [0, 0.1) is 39.0 Å². The van der Waals surface area contributed by atoms with Crippen molar-refractivity contribution in [2.45, 2.75) is 40.4 Å². The maximum Gasteiger partial charge on any atom is 0.417 e. The second-order valence-corrected chi connectivity index (χ2v) is 12.5. The van der Waals surface area contributed by atoms with E-state index in [0.717, 1.165) is 12.3 Å². The SMILES string of the molecule is Cc1cc(-c2cc(Cl)ccc2OCCn2c(C)nc3cc(C(F)(F)F)c(-c4cnc(C)c(C)n4)c(C#N)c3c2=O)c2scc(C(=O)O)c2n1. The van der Waals surface area contributed by atoms with E-state index in [9.17, 15) is 33.1 Å². The average molecular weight is 705 g/mol. The normalized spacial score (nSPS) is 11.7. The third-order valence-electron chi connectivity index (χ3n) is 7.99. The summed E-state index contributed by atoms with van der Waals surface area (Å²) in [4.78, 5) is 42.8. The molecule has 0 aliphatic rings. The lowest BCUT2D eigenvalue weighted by Crippen LogP contribution is -2.27. The molecular formula is C34H24ClF3N6O4S. The molecule has 0 unspecified atom stereocenters. The van der Waals surface area contributed by atoms with Gasteiger partial charge in [0.15, 0.2) is 0 Å². The predicted octanol–water partition coefficient (Wildman–Crippen LogP) is 7.68. The van der Waals surface area contributed by atoms with Crippen LogP contribution in [0.15, 0.2) is 46.7 Å². The van der Waals surface area contributed by atoms with Crippen LogP contribution in [0.1, 0.15) is 44.4 Å². The van der Waals surface area contributed by atoms with Crippen molar-refractivity contribution < 1.29 is 27.8 Å². The number of ether oxygens (including phenoxy) is 1. The molecule has 1 N–H and O–H groups in total. The number of aromatic carboxylic acids is 1. The van der Waals surface area contributed by atoms with Crippen molar-refractivity contribution in [1.82, 2.24) is 24.5 Å². The topological polar surface area (TPSA) is 144 Å². The number of carboxylic acid groups (broad SMARTS) is 1. The molecule has 0 aliphatic heterocycles. The molecule has 6 rings (SSSR count). The number of halogens is 4. The molecule has 2 aromatic carbocycles. The lowest BCUT2D eigenvalue weighted by molar-refractivity contribution is -0.137. The molecule has 0 bridgehead atoms. The van der Waals surface area contributed by atoms with Gasteiger partial charge in [0.05, 0.1) is 67.6 Å². The third kappa shape index (κ3) is 6.07. The molecule has 0 saturated carbocycles. The van der Waals surface area contributed by atoms with Crippen molar-refractivity contribution >= 4 is 50.0 Å². The number of carbonyl (C=O) groups is 1. The summed E-state index contributed by atoms with van der Waals surface area (Å²) in [5, 5.41) is 21.5. The first-order chi connectivity index (χ1) is 23.2. The Kier molecular flexibility index (Phi) is 8.60. The van der Waals surface area contributed by atoms with Crippen LogP contribution in [0.5, 0.6) is 5.75 Å². The maximum absolute atomic E-state index is 14.4. The molecule has 248 valence electrons. The van der Waals surface area contributed by atoms with E-state index in [1.54, 1.807) is 51.1 Å². The Morgan fingerprint density at radius 1 is 1.08 bits per heavy atom. The molecular weight excluding hydrogens is 681 g/mol. The van der Waals surface area contributed by atoms with Gasteiger partial charge in [0.2, 0.25) is 0 Å². The van der Waals surface area contributed by atoms with Crippen LogP contribution in [-0.4, -0.2) is 42.2 Å². The van der Waals surface area contributed by atoms with Gasteiger partial charge in [0.25, 0.3) is 5.56 Å². The largest absolute Gasteiger partial charge is 0.491 e. The van der Waals surface area contributed by atoms with Crippen LogP contribution in [0.2, 0.25) is 5.02 Å². The van der Waals surface area contributed by atoms with E-state index in [4.69, 9.17) is 16.3 Å². The van der Waals surface area contributed by atoms with Gasteiger partial charge in [-0.05, 0) is 58.0 Å². The first kappa shape index (κ1) is 33.5. The second kappa shape index (κ2) is 12.6. The molecule has 4 aromatic heterocycles. The number of aryl methyl sites for hydroxylation is 4. The molecule has 4 heterocycles. The maximum atomic E-state index is 14.4. The minimum atomic E-state index is -4.89. The Morgan fingerprint density at radius 3 is 2.51 bits per heavy atom. The van der Waals surface area contributed by atoms with E-state index in [1.165, 1.54) is 28.2 Å². The van der Waals surface area contributed by atoms with Gasteiger partial charge in [-0.15, -0.1) is 11.3 Å². The number of fused-ring (bicyclic) bond motifs is 2. The predicted molar refractivity (Wildman–Crippen MR) is 178 cm³/mol. The van der Waals surface area contributed by atoms with Gasteiger partial charge in [-0.2, -0.15) is 18.4 Å². The Labute approximate surface area is 285 Å². The summed E-state index contributed by atoms with van der Waals surface area (Å²) >= 11 is 7.58. The molecule has 0 amide bonds. The molecule has 0 saturated heterocycles. The molecule has 0 aliphatic carbocycles. The summed E-state index contributed by atoms with van der Waals surface area (Å²) in [6.45, 7) is 6.29. The average Bonchev–Trinajstić information content (AvgIpc) is 3.47. The summed E-state index contributed by atoms with van der Waals surface area (Å²) < 4.78 is 51.1. The summed E-state index contributed by atoms with van der Waals surface area (Å²) in [7, 11) is 0. The number of nitrogens with zero attached hydrogens (tertiary/aromatic N) is 6. The number of nitriles is 1. The Hall–Kier alpha value is -5.39. The highest BCUT2D eigenvalue weighted by Crippen LogP contribution is 2.42. The zero-order valence-corrected chi connectivity index (χ0v) is 27.8. The third-order valence-corrected chi connectivity index (χ3v) is 9.23. The van der Waals surface area contributed by atoms with Crippen molar-refractivity contribution in [2.75, 3.05) is 6.61 Å². The van der Waals surface area contributed by atoms with Crippen molar-refractivity contribution in [3.05, 3.63) is 96.9 Å². The van der Waals surface area contributed by atoms with E-state index in [2.05, 4.69) is 19.9 Å². The standard InChI is InChI=1S/C34H24ClF3N6O4S/c1-15-9-21(31-30(41-15)23(14-49-31)33(46)47)20-10-19(35)5-6-27(20)48-8-7-44-18(4)43-25-11-24(34(36,37)38)28(22(12-39)29(25)32(44)45)26-13-40-16(2)17(3)42-26/h5-6,9-11,13-14H,7-8H2,1-4H3,(H,46,47). The van der Waals surface area contributed by atoms with Gasteiger partial charge >= 0.3 is 12.1 Å². The highest BCUT2D eigenvalue weighted by Gasteiger charge is 2.37. The molecule has 10 nitrogen and oxygen atoms in total. The van der Waals surface area contributed by atoms with Gasteiger partial charge in [0, 0.05) is 32.8 Å². The van der Waals surface area contributed by atoms with Gasteiger partial charge in [0.1, 0.15) is 24.3 Å². The summed E-state index contributed by atoms with van der Waals surface area (Å²) in [6, 6.07) is 9.29. The highest BCUT2D eigenvalue weighted by atomic mass is 35.5. The van der Waals surface area contributed by atoms with Crippen molar-refractivity contribution in [2.24, 2.45) is 0 Å². The van der Waals surface area contributed by atoms with Crippen molar-refractivity contribution in [3.63, 3.8) is 0 Å². The van der Waals surface area contributed by atoms with E-state index in [0.29, 0.717) is 49.2 Å². The Bertz CT molecular complexity index is 2450. The van der Waals surface area contributed by atoms with Crippen LogP contribution in [0.4, 0.5) is 13.2 Å². The fraction of sp³-hybridized carbons (Fsp3) is 0.206. The molecule has 0 atom stereocenters. The van der Waals surface area contributed by atoms with E-state index >= 15 is 0 Å². The van der Waals surface area contributed by atoms with E-state index in [1.807, 2.05) is 0 Å². The first-order valence-corrected chi connectivity index (χ1v) is 15.9. The quantitative estimate of drug-likeness (QED) is 0.177. The molecule has 49 heavy (non-hydrogen) atoms. The van der Waals surface area contributed by atoms with Crippen LogP contribution >= 0.6 is 22.9 Å². The Balaban J connectivity index is 1.42. The summed E-state index contributed by atoms with van der Waals surface area (Å²) in [5.41, 5.74) is -0.346. The van der Waals surface area contributed by atoms with E-state index in [-0.39, 0.29) is 41.1 Å². The van der Waals surface area contributed by atoms with Gasteiger partial charge < -0.3 is 9.84 Å². The number of carboxylic acids is 1. The molecule has 0 fully saturated rings. The zero-order chi connectivity index (χ0) is 35.4. The number of hydrogen-bond donors (Lipinski definition) is 1. The summed E-state index contributed by atoms with van der Waals surface area (Å²) in [6.07, 6.45) is -3.74. The summed E-state index contributed by atoms with van der Waals surface area (Å²) in [5.74, 6) is -0.616. The second-order valence-electron chi connectivity index (χ2n) is 11.2. The molecule has 15 heteroatoms. The van der Waals surface area contributed by atoms with Crippen LogP contribution < -0.4 is 10.3 Å². The van der Waals surface area contributed by atoms with Gasteiger partial charge in [-0.3, -0.25) is 19.3 Å². The number of thiophene rings is 1. The number of benzene rings is 2. The smallest absolute Gasteiger partial charge is 0.417 e. The zero-order valence-electron chi connectivity index (χ0n) is 26.2. The van der Waals surface area contributed by atoms with Crippen molar-refractivity contribution in [3.8, 4) is 34.2 Å². The number of pyridine rings is 1. The number of aromatic nitrogens is 5. The van der Waals surface area contributed by atoms with Crippen LogP contribution in [0.25, 0.3) is 43.5 Å². The lowest BCUT2D eigenvalue weighted by Gasteiger charge is -2.18. The lowest BCUT2D eigenvalue weighted by atomic mass is 9.94. The monoisotopic (exact) mass is 704 g/mol. The minimum absolute atomic E-state index is 0.0694. The first-order valence-electron chi connectivity index (χ1n) is 14.6. The minimum Gasteiger partial charge on any atom is -0.491 e. The number of rotatable bonds is 7. The fourth-order valence-electron chi connectivity index (χ4n) is 5.59. The number of hydrogen-bond acceptors (Lipinski definition) is 9. The molecule has 0 radical (unpaired) electrons. The fourth-order valence-corrected chi connectivity index (χ4v) is 6.77. The van der Waals surface area contributed by atoms with Gasteiger partial charge in [-0.25, -0.2) is 14.8 Å². The van der Waals surface area contributed by atoms with E-state index < -0.39 is 34.4 Å². The van der Waals surface area contributed by atoms with Crippen molar-refractivity contribution in [1.29, 1.82) is 5.26 Å². The van der Waals surface area contributed by atoms with Crippen LogP contribution in [0.3, 0.4) is 0 Å². The number of alkyl halides is 3. The van der Waals surface area contributed by atoms with Gasteiger partial charge in [-0.1, -0.05) is 11.6 Å². The van der Waals surface area contributed by atoms with Crippen LogP contribution in [-0.2, 0) is 12.7 Å². The highest BCUT2D eigenvalue weighted by molar-refractivity contribution is 7.18. The molecule has 0 spiro atoms. The molecule has 6 aromatic rings.